The van der Waals surface area contributed by atoms with Crippen LogP contribution in [0.1, 0.15) is 15.9 Å². The SMILES string of the molecule is O=C(c1ccc(NCc2ccccc2Cl)c([N+](=O)[O-])c1)N1CCN(CCO)CC1. The normalized spacial score (nSPS) is 14.6. The van der Waals surface area contributed by atoms with Crippen LogP contribution >= 0.6 is 11.6 Å². The molecule has 154 valence electrons. The number of β-amino-alcohol motifs (C(OH)–C–C–N with tert-alkyl or cyclic N) is 1. The molecule has 1 aliphatic heterocycles. The number of nitro groups is 1. The molecule has 2 aromatic rings. The number of rotatable bonds is 7. The molecule has 8 nitrogen and oxygen atoms in total. The number of benzene rings is 2. The number of nitro benzene ring substituents is 1. The summed E-state index contributed by atoms with van der Waals surface area (Å²) in [6, 6.07) is 11.7. The molecule has 9 heteroatoms. The maximum Gasteiger partial charge on any atom is 0.293 e. The van der Waals surface area contributed by atoms with Crippen LogP contribution in [0.15, 0.2) is 42.5 Å². The predicted octanol–water partition coefficient (Wildman–Crippen LogP) is 2.61. The fourth-order valence-electron chi connectivity index (χ4n) is 3.30. The molecule has 1 aliphatic rings. The summed E-state index contributed by atoms with van der Waals surface area (Å²) >= 11 is 6.13. The van der Waals surface area contributed by atoms with Crippen molar-refractivity contribution in [2.24, 2.45) is 0 Å². The van der Waals surface area contributed by atoms with Crippen LogP contribution in [0.4, 0.5) is 11.4 Å². The van der Waals surface area contributed by atoms with E-state index in [4.69, 9.17) is 16.7 Å². The number of aliphatic hydroxyl groups is 1. The number of halogens is 1. The van der Waals surface area contributed by atoms with Crippen molar-refractivity contribution in [3.8, 4) is 0 Å². The minimum atomic E-state index is -0.495. The lowest BCUT2D eigenvalue weighted by Crippen LogP contribution is -2.49. The minimum absolute atomic E-state index is 0.0861. The van der Waals surface area contributed by atoms with Gasteiger partial charge in [-0.15, -0.1) is 0 Å². The molecule has 0 bridgehead atoms. The van der Waals surface area contributed by atoms with Gasteiger partial charge in [-0.3, -0.25) is 19.8 Å². The highest BCUT2D eigenvalue weighted by molar-refractivity contribution is 6.31. The second-order valence-corrected chi connectivity index (χ2v) is 7.20. The van der Waals surface area contributed by atoms with Crippen LogP contribution < -0.4 is 5.32 Å². The Morgan fingerprint density at radius 1 is 1.17 bits per heavy atom. The zero-order valence-corrected chi connectivity index (χ0v) is 16.6. The number of piperazine rings is 1. The molecule has 0 saturated carbocycles. The van der Waals surface area contributed by atoms with Crippen molar-refractivity contribution in [1.82, 2.24) is 9.80 Å². The molecule has 1 saturated heterocycles. The van der Waals surface area contributed by atoms with Crippen molar-refractivity contribution in [3.05, 3.63) is 68.7 Å². The van der Waals surface area contributed by atoms with E-state index in [-0.39, 0.29) is 23.8 Å². The van der Waals surface area contributed by atoms with Crippen LogP contribution in [0.25, 0.3) is 0 Å². The predicted molar refractivity (Wildman–Crippen MR) is 111 cm³/mol. The van der Waals surface area contributed by atoms with E-state index in [1.807, 2.05) is 18.2 Å². The lowest BCUT2D eigenvalue weighted by atomic mass is 10.1. The first-order valence-electron chi connectivity index (χ1n) is 9.38. The monoisotopic (exact) mass is 418 g/mol. The molecule has 3 rings (SSSR count). The number of carbonyl (C=O) groups excluding carboxylic acids is 1. The Kier molecular flexibility index (Phi) is 7.03. The first-order valence-corrected chi connectivity index (χ1v) is 9.75. The van der Waals surface area contributed by atoms with Crippen molar-refractivity contribution in [2.75, 3.05) is 44.6 Å². The van der Waals surface area contributed by atoms with Crippen LogP contribution in [0.5, 0.6) is 0 Å². The number of nitrogens with zero attached hydrogens (tertiary/aromatic N) is 3. The minimum Gasteiger partial charge on any atom is -0.395 e. The van der Waals surface area contributed by atoms with E-state index in [1.54, 1.807) is 23.1 Å². The van der Waals surface area contributed by atoms with Crippen LogP contribution in [0, 0.1) is 10.1 Å². The van der Waals surface area contributed by atoms with Gasteiger partial charge in [0.25, 0.3) is 11.6 Å². The van der Waals surface area contributed by atoms with Crippen LogP contribution in [0.3, 0.4) is 0 Å². The lowest BCUT2D eigenvalue weighted by Gasteiger charge is -2.34. The van der Waals surface area contributed by atoms with Crippen molar-refractivity contribution in [3.63, 3.8) is 0 Å². The van der Waals surface area contributed by atoms with E-state index in [1.165, 1.54) is 6.07 Å². The Balaban J connectivity index is 1.71. The highest BCUT2D eigenvalue weighted by Crippen LogP contribution is 2.27. The van der Waals surface area contributed by atoms with Crippen LogP contribution in [-0.2, 0) is 6.54 Å². The number of amides is 1. The fourth-order valence-corrected chi connectivity index (χ4v) is 3.50. The highest BCUT2D eigenvalue weighted by atomic mass is 35.5. The molecule has 2 aromatic carbocycles. The summed E-state index contributed by atoms with van der Waals surface area (Å²) in [5.41, 5.74) is 1.29. The maximum atomic E-state index is 12.8. The van der Waals surface area contributed by atoms with Crippen molar-refractivity contribution in [1.29, 1.82) is 0 Å². The van der Waals surface area contributed by atoms with E-state index in [2.05, 4.69) is 10.2 Å². The molecule has 0 spiro atoms. The second-order valence-electron chi connectivity index (χ2n) is 6.79. The third-order valence-corrected chi connectivity index (χ3v) is 5.31. The van der Waals surface area contributed by atoms with E-state index in [0.29, 0.717) is 50.0 Å². The summed E-state index contributed by atoms with van der Waals surface area (Å²) in [7, 11) is 0. The molecule has 0 atom stereocenters. The van der Waals surface area contributed by atoms with Gasteiger partial charge in [0, 0.05) is 55.9 Å². The standard InChI is InChI=1S/C20H23ClN4O4/c21-17-4-2-1-3-16(17)14-22-18-6-5-15(13-19(18)25(28)29)20(27)24-9-7-23(8-10-24)11-12-26/h1-6,13,22,26H,7-12,14H2. The van der Waals surface area contributed by atoms with Gasteiger partial charge >= 0.3 is 0 Å². The summed E-state index contributed by atoms with van der Waals surface area (Å²) < 4.78 is 0. The summed E-state index contributed by atoms with van der Waals surface area (Å²) in [4.78, 5) is 27.6. The number of hydrogen-bond donors (Lipinski definition) is 2. The van der Waals surface area contributed by atoms with Gasteiger partial charge in [0.1, 0.15) is 5.69 Å². The third kappa shape index (κ3) is 5.23. The van der Waals surface area contributed by atoms with E-state index < -0.39 is 4.92 Å². The Bertz CT molecular complexity index is 885. The molecule has 1 fully saturated rings. The zero-order chi connectivity index (χ0) is 20.8. The molecule has 1 amide bonds. The zero-order valence-electron chi connectivity index (χ0n) is 15.9. The second kappa shape index (κ2) is 9.69. The van der Waals surface area contributed by atoms with Gasteiger partial charge in [0.15, 0.2) is 0 Å². The Labute approximate surface area is 173 Å². The third-order valence-electron chi connectivity index (χ3n) is 4.94. The van der Waals surface area contributed by atoms with E-state index in [0.717, 1.165) is 5.56 Å². The number of hydrogen-bond acceptors (Lipinski definition) is 6. The molecule has 0 unspecified atom stereocenters. The maximum absolute atomic E-state index is 12.8. The molecule has 0 aliphatic carbocycles. The fraction of sp³-hybridized carbons (Fsp3) is 0.350. The molecular weight excluding hydrogens is 396 g/mol. The van der Waals surface area contributed by atoms with Gasteiger partial charge in [-0.25, -0.2) is 0 Å². The number of nitrogens with one attached hydrogen (secondary N) is 1. The van der Waals surface area contributed by atoms with Crippen molar-refractivity contribution >= 4 is 28.9 Å². The lowest BCUT2D eigenvalue weighted by molar-refractivity contribution is -0.384. The van der Waals surface area contributed by atoms with Gasteiger partial charge in [-0.05, 0) is 23.8 Å². The quantitative estimate of drug-likeness (QED) is 0.529. The Hall–Kier alpha value is -2.68. The van der Waals surface area contributed by atoms with E-state index >= 15 is 0 Å². The summed E-state index contributed by atoms with van der Waals surface area (Å²) in [5, 5.41) is 24.2. The highest BCUT2D eigenvalue weighted by Gasteiger charge is 2.24. The van der Waals surface area contributed by atoms with Gasteiger partial charge in [-0.1, -0.05) is 29.8 Å². The topological polar surface area (TPSA) is 98.9 Å². The van der Waals surface area contributed by atoms with Crippen molar-refractivity contribution < 1.29 is 14.8 Å². The van der Waals surface area contributed by atoms with Gasteiger partial charge in [0.2, 0.25) is 0 Å². The van der Waals surface area contributed by atoms with Crippen LogP contribution in [0.2, 0.25) is 5.02 Å². The molecule has 0 radical (unpaired) electrons. The van der Waals surface area contributed by atoms with Crippen LogP contribution in [-0.4, -0.2) is 65.1 Å². The Morgan fingerprint density at radius 2 is 1.90 bits per heavy atom. The Morgan fingerprint density at radius 3 is 2.55 bits per heavy atom. The first kappa shape index (κ1) is 21.0. The molecule has 1 heterocycles. The van der Waals surface area contributed by atoms with Crippen molar-refractivity contribution in [2.45, 2.75) is 6.54 Å². The van der Waals surface area contributed by atoms with E-state index in [9.17, 15) is 14.9 Å². The smallest absolute Gasteiger partial charge is 0.293 e. The largest absolute Gasteiger partial charge is 0.395 e. The van der Waals surface area contributed by atoms with Gasteiger partial charge in [-0.2, -0.15) is 0 Å². The average molecular weight is 419 g/mol. The summed E-state index contributed by atoms with van der Waals surface area (Å²) in [6.45, 7) is 3.40. The summed E-state index contributed by atoms with van der Waals surface area (Å²) in [6.07, 6.45) is 0. The molecule has 29 heavy (non-hydrogen) atoms. The molecular formula is C20H23ClN4O4. The van der Waals surface area contributed by atoms with Gasteiger partial charge < -0.3 is 15.3 Å². The van der Waals surface area contributed by atoms with Gasteiger partial charge in [0.05, 0.1) is 11.5 Å². The number of aliphatic hydroxyl groups excluding tert-OH is 1. The summed E-state index contributed by atoms with van der Waals surface area (Å²) in [5.74, 6) is -0.227. The average Bonchev–Trinajstić information content (AvgIpc) is 2.73. The number of anilines is 1. The molecule has 2 N–H and O–H groups in total. The first-order chi connectivity index (χ1) is 14.0. The number of carbonyl (C=O) groups is 1. The molecule has 0 aromatic heterocycles.